The minimum absolute atomic E-state index is 0.00601. The van der Waals surface area contributed by atoms with Crippen LogP contribution in [0.4, 0.5) is 0 Å². The summed E-state index contributed by atoms with van der Waals surface area (Å²) < 4.78 is 72.1. The van der Waals surface area contributed by atoms with Crippen molar-refractivity contribution in [2.24, 2.45) is 0 Å². The Bertz CT molecular complexity index is 1540. The molecule has 2 rings (SSSR count). The lowest BCUT2D eigenvalue weighted by Crippen LogP contribution is -2.28. The van der Waals surface area contributed by atoms with Crippen LogP contribution in [0, 0.1) is 0 Å². The summed E-state index contributed by atoms with van der Waals surface area (Å²) in [6, 6.07) is 0. The Kier molecular flexibility index (Phi) is 87.3. The van der Waals surface area contributed by atoms with E-state index in [1.807, 2.05) is 13.8 Å². The van der Waals surface area contributed by atoms with E-state index in [2.05, 4.69) is 76.2 Å². The molecule has 0 radical (unpaired) electrons. The number of carbonyl (C=O) groups excluding carboxylic acids is 7. The number of aliphatic hydroxyl groups is 2. The second-order valence-corrected chi connectivity index (χ2v) is 16.9. The Morgan fingerprint density at radius 3 is 0.988 bits per heavy atom. The predicted molar refractivity (Wildman–Crippen MR) is 320 cm³/mol. The van der Waals surface area contributed by atoms with Gasteiger partial charge in [-0.05, 0) is 27.7 Å². The summed E-state index contributed by atoms with van der Waals surface area (Å²) in [6.45, 7) is 48.4. The van der Waals surface area contributed by atoms with Gasteiger partial charge < -0.3 is 81.3 Å². The average molecular weight is 1260 g/mol. The first kappa shape index (κ1) is 94.3. The maximum absolute atomic E-state index is 10.7. The largest absolute Gasteiger partial charge is 0.462 e. The van der Waals surface area contributed by atoms with Crippen LogP contribution in [0.2, 0.25) is 0 Å². The Morgan fingerprint density at radius 2 is 0.771 bits per heavy atom. The minimum atomic E-state index is -0.564. The van der Waals surface area contributed by atoms with Crippen LogP contribution in [0.15, 0.2) is 88.6 Å². The number of esters is 7. The van der Waals surface area contributed by atoms with Crippen molar-refractivity contribution in [3.05, 3.63) is 88.6 Å². The van der Waals surface area contributed by atoms with Gasteiger partial charge in [0.25, 0.3) is 0 Å². The van der Waals surface area contributed by atoms with Crippen molar-refractivity contribution in [3.63, 3.8) is 0 Å². The number of ether oxygens (including phenoxy) is 15. The van der Waals surface area contributed by atoms with Crippen LogP contribution < -0.4 is 0 Å². The summed E-state index contributed by atoms with van der Waals surface area (Å²) in [7, 11) is 3.08. The molecule has 24 nitrogen and oxygen atoms in total. The smallest absolute Gasteiger partial charge is 0.310 e. The molecule has 0 spiro atoms. The van der Waals surface area contributed by atoms with Crippen molar-refractivity contribution in [1.82, 2.24) is 0 Å². The Balaban J connectivity index is -0.000000128. The third-order valence-corrected chi connectivity index (χ3v) is 7.05. The van der Waals surface area contributed by atoms with Crippen LogP contribution in [0.5, 0.6) is 0 Å². The highest BCUT2D eigenvalue weighted by atomic mass is 79.9. The van der Waals surface area contributed by atoms with Gasteiger partial charge in [0.2, 0.25) is 0 Å². The zero-order valence-corrected chi connectivity index (χ0v) is 53.4. The van der Waals surface area contributed by atoms with Crippen molar-refractivity contribution in [1.29, 1.82) is 0 Å². The van der Waals surface area contributed by atoms with E-state index in [9.17, 15) is 33.6 Å². The van der Waals surface area contributed by atoms with Gasteiger partial charge in [0, 0.05) is 74.1 Å². The van der Waals surface area contributed by atoms with E-state index in [1.54, 1.807) is 63.5 Å². The number of hydrogen-bond donors (Lipinski definition) is 2. The molecule has 2 aliphatic rings. The van der Waals surface area contributed by atoms with Gasteiger partial charge in [-0.2, -0.15) is 0 Å². The van der Waals surface area contributed by atoms with Gasteiger partial charge in [-0.25, -0.2) is 0 Å². The predicted octanol–water partition coefficient (Wildman–Crippen LogP) is 6.57. The van der Waals surface area contributed by atoms with Crippen molar-refractivity contribution in [2.75, 3.05) is 125 Å². The molecule has 0 aliphatic carbocycles. The van der Waals surface area contributed by atoms with Gasteiger partial charge in [0.05, 0.1) is 105 Å². The fraction of sp³-hybridized carbons (Fsp3) is 0.638. The molecular formula is C58H103BrO24. The highest BCUT2D eigenvalue weighted by molar-refractivity contribution is 9.09. The quantitative estimate of drug-likeness (QED) is 0.0137. The molecule has 0 bridgehead atoms. The minimum Gasteiger partial charge on any atom is -0.462 e. The summed E-state index contributed by atoms with van der Waals surface area (Å²) in [6.07, 6.45) is 11.4. The summed E-state index contributed by atoms with van der Waals surface area (Å²) in [4.78, 5) is 71.1. The molecule has 2 N–H and O–H groups in total. The van der Waals surface area contributed by atoms with Gasteiger partial charge in [0.15, 0.2) is 6.10 Å². The molecule has 83 heavy (non-hydrogen) atoms. The van der Waals surface area contributed by atoms with Gasteiger partial charge in [-0.15, -0.1) is 46.1 Å². The lowest BCUT2D eigenvalue weighted by molar-refractivity contribution is -0.159. The summed E-state index contributed by atoms with van der Waals surface area (Å²) in [5.41, 5.74) is 0. The van der Waals surface area contributed by atoms with Crippen LogP contribution in [0.3, 0.4) is 0 Å². The summed E-state index contributed by atoms with van der Waals surface area (Å²) in [5, 5.41) is 17.9. The van der Waals surface area contributed by atoms with Gasteiger partial charge in [-0.1, -0.05) is 58.5 Å². The summed E-state index contributed by atoms with van der Waals surface area (Å²) >= 11 is 3.13. The fourth-order valence-electron chi connectivity index (χ4n) is 3.75. The highest BCUT2D eigenvalue weighted by Gasteiger charge is 2.22. The van der Waals surface area contributed by atoms with Crippen LogP contribution in [0.25, 0.3) is 0 Å². The maximum atomic E-state index is 10.7. The van der Waals surface area contributed by atoms with E-state index in [0.29, 0.717) is 84.4 Å². The monoisotopic (exact) mass is 1260 g/mol. The number of alkyl halides is 1. The molecule has 2 heterocycles. The van der Waals surface area contributed by atoms with E-state index in [4.69, 9.17) is 67.1 Å². The van der Waals surface area contributed by atoms with Crippen LogP contribution in [-0.2, 0) is 105 Å². The van der Waals surface area contributed by atoms with E-state index in [1.165, 1.54) is 55.6 Å². The number of aliphatic hydroxyl groups excluding tert-OH is 2. The topological polar surface area (TPSA) is 305 Å². The Hall–Kier alpha value is -5.13. The zero-order chi connectivity index (χ0) is 65.7. The lowest BCUT2D eigenvalue weighted by Gasteiger charge is -2.16. The second-order valence-electron chi connectivity index (χ2n) is 16.2. The molecular weight excluding hydrogens is 1160 g/mol. The number of epoxide rings is 2. The number of carbonyl (C=O) groups is 7. The van der Waals surface area contributed by atoms with Crippen molar-refractivity contribution < 1.29 is 115 Å². The SMILES string of the molecule is C=CCBr.C=CCOC(C)C.C=CCOCC(COC(C)=O)OC(C)=O.C=CCOCC(COC)OC(C)=O.C=CCOCC(O)COC.C=CCOCC1CO1.C=CCOCC1CO1.CC(=O)OC(C)=O.CC(=O)OC(C)=O.CC(C)O. The normalized spacial score (nSPS) is 13.3. The van der Waals surface area contributed by atoms with Crippen LogP contribution in [0.1, 0.15) is 76.2 Å². The van der Waals surface area contributed by atoms with E-state index in [0.717, 1.165) is 31.8 Å². The number of allylic oxidation sites excluding steroid dienone is 1. The van der Waals surface area contributed by atoms with E-state index in [-0.39, 0.29) is 31.4 Å². The molecule has 2 aliphatic heterocycles. The number of hydrogen-bond acceptors (Lipinski definition) is 24. The Morgan fingerprint density at radius 1 is 0.470 bits per heavy atom. The second kappa shape index (κ2) is 76.9. The van der Waals surface area contributed by atoms with Gasteiger partial charge in [0.1, 0.15) is 31.0 Å². The molecule has 5 atom stereocenters. The maximum Gasteiger partial charge on any atom is 0.310 e. The Labute approximate surface area is 503 Å². The molecule has 0 saturated carbocycles. The number of rotatable bonds is 32. The highest BCUT2D eigenvalue weighted by Crippen LogP contribution is 2.08. The third-order valence-electron chi connectivity index (χ3n) is 6.59. The molecule has 2 saturated heterocycles. The summed E-state index contributed by atoms with van der Waals surface area (Å²) in [5.74, 6) is -3.44. The van der Waals surface area contributed by atoms with Crippen LogP contribution >= 0.6 is 15.9 Å². The molecule has 5 unspecified atom stereocenters. The molecule has 0 aromatic rings. The van der Waals surface area contributed by atoms with E-state index >= 15 is 0 Å². The first-order valence-corrected chi connectivity index (χ1v) is 27.0. The molecule has 2 fully saturated rings. The molecule has 0 amide bonds. The van der Waals surface area contributed by atoms with Gasteiger partial charge in [-0.3, -0.25) is 33.6 Å². The van der Waals surface area contributed by atoms with Crippen molar-refractivity contribution >= 4 is 57.7 Å². The fourth-order valence-corrected chi connectivity index (χ4v) is 3.75. The number of halogens is 1. The van der Waals surface area contributed by atoms with Gasteiger partial charge >= 0.3 is 41.8 Å². The van der Waals surface area contributed by atoms with Crippen molar-refractivity contribution in [2.45, 2.75) is 119 Å². The lowest BCUT2D eigenvalue weighted by atomic mass is 10.4. The molecule has 0 aromatic heterocycles. The molecule has 25 heteroatoms. The standard InChI is InChI=1S/C10H16O5.C9H16O4.C7H14O3.2C6H10O2.C6H12O.2C4H6O3.C3H5Br.C3H8O/c1-4-5-13-6-10(15-9(3)12)7-14-8(2)11;1-4-5-12-7-9(6-11-3)13-8(2)10;1-3-4-10-6-7(8)5-9-2;2*1-2-3-7-4-6-5-8-6;1-4-5-7-6(2)3;2*1-3(5)7-4(2)6;1-2-3-4;1-3(2)4/h4,10H,1,5-7H2,2-3H3;4,9H,1,5-7H2,2-3H3;3,7-8H,1,4-6H2,2H3;2*2,6H,1,3-5H2;4,6H,1,5H2,2-3H3;2*1-2H3;2H,1,3H2;3-4H,1-2H3. The van der Waals surface area contributed by atoms with Crippen molar-refractivity contribution in [3.8, 4) is 0 Å². The molecule has 0 aromatic carbocycles. The first-order valence-electron chi connectivity index (χ1n) is 25.9. The third kappa shape index (κ3) is 129. The average Bonchev–Trinajstić information content (AvgIpc) is 4.34. The molecule has 486 valence electrons. The van der Waals surface area contributed by atoms with Crippen LogP contribution in [-0.4, -0.2) is 220 Å². The first-order chi connectivity index (χ1) is 39.1. The zero-order valence-electron chi connectivity index (χ0n) is 51.8. The van der Waals surface area contributed by atoms with E-state index < -0.39 is 48.0 Å². The number of methoxy groups -OCH3 is 2.